The molecule has 2 aromatic rings. The lowest BCUT2D eigenvalue weighted by atomic mass is 10.1. The van der Waals surface area contributed by atoms with Gasteiger partial charge in [0, 0.05) is 10.0 Å². The van der Waals surface area contributed by atoms with Crippen LogP contribution in [0.3, 0.4) is 0 Å². The molecule has 94 valence electrons. The van der Waals surface area contributed by atoms with Gasteiger partial charge in [-0.3, -0.25) is 9.89 Å². The molecule has 1 aromatic carbocycles. The van der Waals surface area contributed by atoms with Gasteiger partial charge in [0.25, 0.3) is 0 Å². The van der Waals surface area contributed by atoms with Crippen molar-refractivity contribution < 1.29 is 18.3 Å². The maximum absolute atomic E-state index is 12.3. The number of hydrogen-bond donors (Lipinski definition) is 1. The molecule has 0 amide bonds. The Hall–Kier alpha value is -1.76. The van der Waals surface area contributed by atoms with Crippen molar-refractivity contribution in [3.8, 4) is 17.0 Å². The molecule has 4 nitrogen and oxygen atoms in total. The lowest BCUT2D eigenvalue weighted by Crippen LogP contribution is -2.03. The van der Waals surface area contributed by atoms with Gasteiger partial charge in [0.2, 0.25) is 0 Å². The third-order valence-corrected chi connectivity index (χ3v) is 2.72. The van der Waals surface area contributed by atoms with E-state index in [1.54, 1.807) is 12.1 Å². The normalized spacial score (nSPS) is 10.7. The Balaban J connectivity index is 2.54. The summed E-state index contributed by atoms with van der Waals surface area (Å²) in [5.41, 5.74) is 0.943. The minimum atomic E-state index is -2.94. The second-order valence-electron chi connectivity index (χ2n) is 3.34. The molecule has 1 heterocycles. The molecule has 0 atom stereocenters. The molecular weight excluding hydrogens is 310 g/mol. The molecule has 0 saturated carbocycles. The van der Waals surface area contributed by atoms with Crippen molar-refractivity contribution in [2.24, 2.45) is 0 Å². The highest BCUT2D eigenvalue weighted by atomic mass is 79.9. The van der Waals surface area contributed by atoms with Gasteiger partial charge in [-0.1, -0.05) is 15.9 Å². The van der Waals surface area contributed by atoms with Gasteiger partial charge in [0.15, 0.2) is 6.29 Å². The summed E-state index contributed by atoms with van der Waals surface area (Å²) in [6.07, 6.45) is 1.90. The molecule has 1 aromatic heterocycles. The zero-order valence-electron chi connectivity index (χ0n) is 8.86. The zero-order valence-corrected chi connectivity index (χ0v) is 10.4. The van der Waals surface area contributed by atoms with Crippen molar-refractivity contribution >= 4 is 22.2 Å². The van der Waals surface area contributed by atoms with E-state index in [1.165, 1.54) is 12.3 Å². The van der Waals surface area contributed by atoms with E-state index in [0.717, 1.165) is 0 Å². The number of aldehydes is 1. The van der Waals surface area contributed by atoms with Crippen LogP contribution in [0.4, 0.5) is 8.78 Å². The number of nitrogens with one attached hydrogen (secondary N) is 1. The van der Waals surface area contributed by atoms with Gasteiger partial charge in [-0.2, -0.15) is 13.9 Å². The number of alkyl halides is 2. The van der Waals surface area contributed by atoms with Gasteiger partial charge in [-0.05, 0) is 18.2 Å². The number of halogens is 3. The van der Waals surface area contributed by atoms with E-state index in [0.29, 0.717) is 22.0 Å². The third kappa shape index (κ3) is 2.56. The van der Waals surface area contributed by atoms with Gasteiger partial charge in [0.1, 0.15) is 5.75 Å². The van der Waals surface area contributed by atoms with Crippen LogP contribution in [0, 0.1) is 0 Å². The van der Waals surface area contributed by atoms with E-state index in [2.05, 4.69) is 30.9 Å². The summed E-state index contributed by atoms with van der Waals surface area (Å²) in [4.78, 5) is 10.8. The average Bonchev–Trinajstić information content (AvgIpc) is 2.79. The fourth-order valence-corrected chi connectivity index (χ4v) is 1.86. The Morgan fingerprint density at radius 1 is 1.44 bits per heavy atom. The Kier molecular flexibility index (Phi) is 3.71. The van der Waals surface area contributed by atoms with Gasteiger partial charge in [-0.15, -0.1) is 0 Å². The quantitative estimate of drug-likeness (QED) is 0.881. The third-order valence-electron chi connectivity index (χ3n) is 2.22. The van der Waals surface area contributed by atoms with Crippen LogP contribution in [-0.4, -0.2) is 23.1 Å². The topological polar surface area (TPSA) is 55.0 Å². The molecule has 0 aliphatic carbocycles. The Bertz CT molecular complexity index is 572. The SMILES string of the molecule is O=Cc1cn[nH]c1-c1cc(Br)ccc1OC(F)F. The minimum Gasteiger partial charge on any atom is -0.434 e. The number of nitrogens with zero attached hydrogens (tertiary/aromatic N) is 1. The molecule has 2 rings (SSSR count). The number of aromatic amines is 1. The summed E-state index contributed by atoms with van der Waals surface area (Å²) in [7, 11) is 0. The van der Waals surface area contributed by atoms with Crippen LogP contribution in [0.25, 0.3) is 11.3 Å². The van der Waals surface area contributed by atoms with Gasteiger partial charge >= 0.3 is 6.61 Å². The summed E-state index contributed by atoms with van der Waals surface area (Å²) in [5.74, 6) is -0.0273. The molecule has 1 N–H and O–H groups in total. The van der Waals surface area contributed by atoms with Gasteiger partial charge in [0.05, 0.1) is 17.5 Å². The van der Waals surface area contributed by atoms with E-state index in [9.17, 15) is 13.6 Å². The molecule has 0 saturated heterocycles. The van der Waals surface area contributed by atoms with Crippen molar-refractivity contribution in [2.45, 2.75) is 6.61 Å². The summed E-state index contributed by atoms with van der Waals surface area (Å²) in [5, 5.41) is 6.29. The van der Waals surface area contributed by atoms with Crippen LogP contribution < -0.4 is 4.74 Å². The number of carbonyl (C=O) groups is 1. The number of carbonyl (C=O) groups excluding carboxylic acids is 1. The first-order valence-electron chi connectivity index (χ1n) is 4.85. The van der Waals surface area contributed by atoms with Crippen LogP contribution in [0.2, 0.25) is 0 Å². The van der Waals surface area contributed by atoms with Crippen LogP contribution in [0.15, 0.2) is 28.9 Å². The van der Waals surface area contributed by atoms with E-state index in [1.807, 2.05) is 0 Å². The summed E-state index contributed by atoms with van der Waals surface area (Å²) in [6.45, 7) is -2.94. The van der Waals surface area contributed by atoms with Crippen molar-refractivity contribution in [3.63, 3.8) is 0 Å². The number of rotatable bonds is 4. The lowest BCUT2D eigenvalue weighted by molar-refractivity contribution is -0.0494. The number of ether oxygens (including phenoxy) is 1. The highest BCUT2D eigenvalue weighted by Crippen LogP contribution is 2.33. The predicted molar refractivity (Wildman–Crippen MR) is 63.7 cm³/mol. The second kappa shape index (κ2) is 5.26. The van der Waals surface area contributed by atoms with E-state index >= 15 is 0 Å². The predicted octanol–water partition coefficient (Wildman–Crippen LogP) is 3.25. The average molecular weight is 317 g/mol. The molecule has 0 radical (unpaired) electrons. The van der Waals surface area contributed by atoms with Gasteiger partial charge < -0.3 is 4.74 Å². The van der Waals surface area contributed by atoms with Crippen LogP contribution >= 0.6 is 15.9 Å². The smallest absolute Gasteiger partial charge is 0.387 e. The summed E-state index contributed by atoms with van der Waals surface area (Å²) < 4.78 is 29.7. The highest BCUT2D eigenvalue weighted by Gasteiger charge is 2.15. The molecule has 0 spiro atoms. The zero-order chi connectivity index (χ0) is 13.1. The van der Waals surface area contributed by atoms with E-state index < -0.39 is 6.61 Å². The fourth-order valence-electron chi connectivity index (χ4n) is 1.50. The van der Waals surface area contributed by atoms with Gasteiger partial charge in [-0.25, -0.2) is 0 Å². The second-order valence-corrected chi connectivity index (χ2v) is 4.25. The summed E-state index contributed by atoms with van der Waals surface area (Å²) >= 11 is 3.23. The summed E-state index contributed by atoms with van der Waals surface area (Å²) in [6, 6.07) is 4.53. The molecule has 18 heavy (non-hydrogen) atoms. The van der Waals surface area contributed by atoms with Crippen LogP contribution in [0.1, 0.15) is 10.4 Å². The number of benzene rings is 1. The molecule has 0 unspecified atom stereocenters. The first kappa shape index (κ1) is 12.7. The fraction of sp³-hybridized carbons (Fsp3) is 0.0909. The highest BCUT2D eigenvalue weighted by molar-refractivity contribution is 9.10. The van der Waals surface area contributed by atoms with Crippen molar-refractivity contribution in [2.75, 3.05) is 0 Å². The number of aromatic nitrogens is 2. The van der Waals surface area contributed by atoms with Crippen LogP contribution in [-0.2, 0) is 0 Å². The molecule has 0 fully saturated rings. The first-order valence-corrected chi connectivity index (χ1v) is 5.64. The molecular formula is C11H7BrF2N2O2. The lowest BCUT2D eigenvalue weighted by Gasteiger charge is -2.10. The first-order chi connectivity index (χ1) is 8.61. The standard InChI is InChI=1S/C11H7BrF2N2O2/c12-7-1-2-9(18-11(13)14)8(3-7)10-6(5-17)4-15-16-10/h1-5,11H,(H,15,16). The maximum Gasteiger partial charge on any atom is 0.387 e. The van der Waals surface area contributed by atoms with Crippen LogP contribution in [0.5, 0.6) is 5.75 Å². The largest absolute Gasteiger partial charge is 0.434 e. The monoisotopic (exact) mass is 316 g/mol. The molecule has 7 heteroatoms. The molecule has 0 aliphatic rings. The Labute approximate surface area is 109 Å². The van der Waals surface area contributed by atoms with E-state index in [4.69, 9.17) is 0 Å². The minimum absolute atomic E-state index is 0.0273. The van der Waals surface area contributed by atoms with E-state index in [-0.39, 0.29) is 11.3 Å². The number of hydrogen-bond acceptors (Lipinski definition) is 3. The molecule has 0 bridgehead atoms. The van der Waals surface area contributed by atoms with Crippen molar-refractivity contribution in [1.29, 1.82) is 0 Å². The van der Waals surface area contributed by atoms with Crippen molar-refractivity contribution in [3.05, 3.63) is 34.4 Å². The maximum atomic E-state index is 12.3. The Morgan fingerprint density at radius 2 is 2.22 bits per heavy atom. The Morgan fingerprint density at radius 3 is 2.89 bits per heavy atom. The number of H-pyrrole nitrogens is 1. The van der Waals surface area contributed by atoms with Crippen molar-refractivity contribution in [1.82, 2.24) is 10.2 Å². The molecule has 0 aliphatic heterocycles.